The van der Waals surface area contributed by atoms with Crippen LogP contribution in [0.2, 0.25) is 0 Å². The van der Waals surface area contributed by atoms with Crippen LogP contribution in [0.3, 0.4) is 0 Å². The molecule has 2 fully saturated rings. The lowest BCUT2D eigenvalue weighted by molar-refractivity contribution is -0.961. The number of esters is 1. The number of carbonyl (C=O) groups excluding carboxylic acids is 1. The molecular formula is C28H37BrNO4+. The molecule has 184 valence electrons. The molecule has 5 nitrogen and oxygen atoms in total. The van der Waals surface area contributed by atoms with Crippen LogP contribution in [0.5, 0.6) is 5.75 Å². The van der Waals surface area contributed by atoms with E-state index in [9.17, 15) is 4.79 Å². The van der Waals surface area contributed by atoms with Crippen molar-refractivity contribution >= 4 is 22.2 Å². The van der Waals surface area contributed by atoms with E-state index in [-0.39, 0.29) is 18.7 Å². The summed E-state index contributed by atoms with van der Waals surface area (Å²) in [6, 6.07) is 19.4. The van der Waals surface area contributed by atoms with Crippen LogP contribution in [-0.2, 0) is 19.9 Å². The molecule has 2 aromatic carbocycles. The number of halogens is 1. The quantitative estimate of drug-likeness (QED) is 0.198. The molecule has 0 N–H and O–H groups in total. The van der Waals surface area contributed by atoms with Gasteiger partial charge in [0, 0.05) is 31.2 Å². The number of hydrogen-bond acceptors (Lipinski definition) is 4. The maximum atomic E-state index is 13.1. The molecule has 2 aromatic rings. The van der Waals surface area contributed by atoms with Gasteiger partial charge in [0.05, 0.1) is 48.6 Å². The van der Waals surface area contributed by atoms with Gasteiger partial charge in [0.15, 0.2) is 0 Å². The predicted octanol–water partition coefficient (Wildman–Crippen LogP) is 6.16. The number of rotatable bonds is 11. The Balaban J connectivity index is 1.36. The van der Waals surface area contributed by atoms with E-state index in [1.807, 2.05) is 30.3 Å². The van der Waals surface area contributed by atoms with Gasteiger partial charge in [0.1, 0.15) is 24.3 Å². The number of piperidine rings is 1. The maximum absolute atomic E-state index is 13.1. The molecule has 0 aromatic heterocycles. The Morgan fingerprint density at radius 2 is 1.74 bits per heavy atom. The molecule has 0 spiro atoms. The minimum absolute atomic E-state index is 0.0212. The van der Waals surface area contributed by atoms with Crippen LogP contribution in [0.1, 0.15) is 62.5 Å². The third kappa shape index (κ3) is 5.84. The number of carbonyl (C=O) groups is 1. The summed E-state index contributed by atoms with van der Waals surface area (Å²) in [5.74, 6) is 0.345. The van der Waals surface area contributed by atoms with Crippen molar-refractivity contribution < 1.29 is 22.6 Å². The monoisotopic (exact) mass is 530 g/mol. The fourth-order valence-corrected chi connectivity index (χ4v) is 6.03. The Hall–Kier alpha value is -1.89. The minimum atomic E-state index is -0.418. The van der Waals surface area contributed by atoms with Crippen LogP contribution in [-0.4, -0.2) is 48.9 Å². The highest BCUT2D eigenvalue weighted by atomic mass is 79.9. The number of fused-ring (bicyclic) bond motifs is 2. The summed E-state index contributed by atoms with van der Waals surface area (Å²) in [6.45, 7) is 4.22. The van der Waals surface area contributed by atoms with Gasteiger partial charge in [-0.1, -0.05) is 43.7 Å². The molecule has 2 aliphatic heterocycles. The smallest absolute Gasteiger partial charge is 0.316 e. The second-order valence-electron chi connectivity index (χ2n) is 10.0. The summed E-state index contributed by atoms with van der Waals surface area (Å²) in [7, 11) is 2.39. The lowest BCUT2D eigenvalue weighted by atomic mass is 9.95. The molecule has 2 saturated heterocycles. The van der Waals surface area contributed by atoms with Crippen molar-refractivity contribution in [3.63, 3.8) is 0 Å². The Morgan fingerprint density at radius 3 is 2.35 bits per heavy atom. The zero-order valence-corrected chi connectivity index (χ0v) is 21.9. The lowest BCUT2D eigenvalue weighted by Gasteiger charge is -2.47. The molecule has 6 heteroatoms. The van der Waals surface area contributed by atoms with E-state index in [4.69, 9.17) is 13.3 Å². The lowest BCUT2D eigenvalue weighted by Crippen LogP contribution is -2.58. The van der Waals surface area contributed by atoms with Crippen LogP contribution >= 0.6 is 16.3 Å². The van der Waals surface area contributed by atoms with Crippen molar-refractivity contribution in [1.82, 2.24) is 0 Å². The first-order chi connectivity index (χ1) is 16.5. The first kappa shape index (κ1) is 25.2. The predicted molar refractivity (Wildman–Crippen MR) is 137 cm³/mol. The van der Waals surface area contributed by atoms with E-state index in [1.165, 1.54) is 18.4 Å². The first-order valence-corrected chi connectivity index (χ1v) is 13.2. The summed E-state index contributed by atoms with van der Waals surface area (Å²) >= 11 is 3.02. The molecule has 2 aliphatic rings. The highest BCUT2D eigenvalue weighted by Gasteiger charge is 2.52. The zero-order chi connectivity index (χ0) is 24.0. The topological polar surface area (TPSA) is 44.8 Å². The minimum Gasteiger partial charge on any atom is -0.494 e. The van der Waals surface area contributed by atoms with Crippen molar-refractivity contribution in [3.05, 3.63) is 65.7 Å². The number of ether oxygens (including phenoxy) is 2. The molecule has 0 amide bonds. The van der Waals surface area contributed by atoms with Gasteiger partial charge in [0.25, 0.3) is 0 Å². The largest absolute Gasteiger partial charge is 0.494 e. The van der Waals surface area contributed by atoms with Crippen LogP contribution in [0.15, 0.2) is 54.6 Å². The van der Waals surface area contributed by atoms with Gasteiger partial charge in [-0.05, 0) is 36.2 Å². The molecule has 34 heavy (non-hydrogen) atoms. The van der Waals surface area contributed by atoms with E-state index in [0.29, 0.717) is 12.1 Å². The Morgan fingerprint density at radius 1 is 1.06 bits per heavy atom. The van der Waals surface area contributed by atoms with Crippen molar-refractivity contribution in [1.29, 1.82) is 0 Å². The Labute approximate surface area is 212 Å². The van der Waals surface area contributed by atoms with Crippen molar-refractivity contribution in [3.8, 4) is 5.75 Å². The molecule has 2 heterocycles. The summed E-state index contributed by atoms with van der Waals surface area (Å²) in [5, 5.41) is 0. The number of benzene rings is 2. The fourth-order valence-electron chi connectivity index (χ4n) is 5.76. The van der Waals surface area contributed by atoms with E-state index >= 15 is 0 Å². The number of unbranched alkanes of at least 4 members (excludes halogenated alkanes) is 1. The van der Waals surface area contributed by atoms with Gasteiger partial charge in [-0.2, -0.15) is 0 Å². The second-order valence-corrected chi connectivity index (χ2v) is 10.5. The Kier molecular flexibility index (Phi) is 8.67. The molecule has 4 rings (SSSR count). The van der Waals surface area contributed by atoms with Gasteiger partial charge < -0.3 is 17.8 Å². The number of quaternary nitrogens is 1. The van der Waals surface area contributed by atoms with Gasteiger partial charge >= 0.3 is 5.97 Å². The molecular weight excluding hydrogens is 494 g/mol. The molecule has 3 unspecified atom stereocenters. The van der Waals surface area contributed by atoms with Gasteiger partial charge in [-0.3, -0.25) is 4.79 Å². The standard InChI is InChI=1S/C28H37BrNO4/c1-3-4-16-32-25-14-10-21(11-15-25)19-30(2)23-12-13-24(30)18-26(17-23)34-28(31)27(20-33-29)22-8-6-5-7-9-22/h5-11,14-15,23-24,26-27H,3-4,12-13,16-20H2,1-2H3/q+1. The SMILES string of the molecule is CCCCOc1ccc(C[N+]2(C)C3CCC2CC(OC(=O)C(COBr)c2ccccc2)C3)cc1. The highest BCUT2D eigenvalue weighted by molar-refractivity contribution is 9.06. The van der Waals surface area contributed by atoms with Crippen LogP contribution in [0.4, 0.5) is 0 Å². The average Bonchev–Trinajstić information content (AvgIpc) is 3.00. The van der Waals surface area contributed by atoms with E-state index in [0.717, 1.165) is 54.6 Å². The molecule has 2 bridgehead atoms. The maximum Gasteiger partial charge on any atom is 0.316 e. The number of hydrogen-bond donors (Lipinski definition) is 0. The summed E-state index contributed by atoms with van der Waals surface area (Å²) in [5.41, 5.74) is 2.27. The van der Waals surface area contributed by atoms with Gasteiger partial charge in [0.2, 0.25) is 0 Å². The third-order valence-corrected chi connectivity index (χ3v) is 8.05. The van der Waals surface area contributed by atoms with E-state index < -0.39 is 5.92 Å². The van der Waals surface area contributed by atoms with Crippen LogP contribution in [0, 0.1) is 0 Å². The van der Waals surface area contributed by atoms with Gasteiger partial charge in [-0.25, -0.2) is 0 Å². The fraction of sp³-hybridized carbons (Fsp3) is 0.536. The van der Waals surface area contributed by atoms with Crippen LogP contribution < -0.4 is 4.74 Å². The summed E-state index contributed by atoms with van der Waals surface area (Å²) in [4.78, 5) is 13.1. The van der Waals surface area contributed by atoms with E-state index in [1.54, 1.807) is 0 Å². The number of nitrogens with zero attached hydrogens (tertiary/aromatic N) is 1. The van der Waals surface area contributed by atoms with E-state index in [2.05, 4.69) is 54.5 Å². The van der Waals surface area contributed by atoms with Crippen molar-refractivity contribution in [2.75, 3.05) is 20.3 Å². The highest BCUT2D eigenvalue weighted by Crippen LogP contribution is 2.44. The first-order valence-electron chi connectivity index (χ1n) is 12.6. The molecule has 3 atom stereocenters. The third-order valence-electron chi connectivity index (χ3n) is 7.78. The summed E-state index contributed by atoms with van der Waals surface area (Å²) < 4.78 is 18.1. The van der Waals surface area contributed by atoms with Gasteiger partial charge in [-0.15, -0.1) is 0 Å². The van der Waals surface area contributed by atoms with Crippen LogP contribution in [0.25, 0.3) is 0 Å². The van der Waals surface area contributed by atoms with Crippen molar-refractivity contribution in [2.45, 2.75) is 76.1 Å². The molecule has 0 saturated carbocycles. The summed E-state index contributed by atoms with van der Waals surface area (Å²) in [6.07, 6.45) is 6.44. The normalized spacial score (nSPS) is 26.7. The molecule has 0 radical (unpaired) electrons. The van der Waals surface area contributed by atoms with Crippen molar-refractivity contribution in [2.24, 2.45) is 0 Å². The Bertz CT molecular complexity index is 906. The zero-order valence-electron chi connectivity index (χ0n) is 20.3. The second kappa shape index (κ2) is 11.7. The average molecular weight is 532 g/mol. The molecule has 0 aliphatic carbocycles.